The summed E-state index contributed by atoms with van der Waals surface area (Å²) >= 11 is 0. The van der Waals surface area contributed by atoms with Crippen molar-refractivity contribution < 1.29 is 0 Å². The molecule has 0 unspecified atom stereocenters. The van der Waals surface area contributed by atoms with Crippen LogP contribution in [0.3, 0.4) is 0 Å². The summed E-state index contributed by atoms with van der Waals surface area (Å²) in [5.41, 5.74) is 17.1. The van der Waals surface area contributed by atoms with Crippen molar-refractivity contribution >= 4 is 60.4 Å². The molecule has 2 nitrogen and oxygen atoms in total. The molecule has 1 heterocycles. The maximum Gasteiger partial charge on any atom is 0.0547 e. The fourth-order valence-corrected chi connectivity index (χ4v) is 10.1. The Morgan fingerprint density at radius 3 is 1.70 bits per heavy atom. The standard InChI is InChI=1S/C59H42N2/c1-59(2)54-22-12-10-19-49(54)50-35-33-46(38-55(50)59)60(57-37-43-14-6-7-17-47(43)48-18-8-9-20-51(48)57)45-31-28-40(29-32-45)39-24-26-41(27-25-39)42-30-34-53-52-21-11-13-23-56(52)61(58(53)36-42)44-15-4-3-5-16-44/h3-38H,1-2H3. The number of rotatable bonds is 6. The number of fused-ring (bicyclic) bond motifs is 9. The van der Waals surface area contributed by atoms with E-state index in [1.165, 1.54) is 99.2 Å². The first kappa shape index (κ1) is 35.3. The van der Waals surface area contributed by atoms with E-state index in [0.29, 0.717) is 0 Å². The van der Waals surface area contributed by atoms with Crippen molar-refractivity contribution in [3.8, 4) is 39.1 Å². The summed E-state index contributed by atoms with van der Waals surface area (Å²) in [4.78, 5) is 2.46. The second-order valence-electron chi connectivity index (χ2n) is 16.9. The van der Waals surface area contributed by atoms with Crippen molar-refractivity contribution in [3.63, 3.8) is 0 Å². The van der Waals surface area contributed by atoms with Gasteiger partial charge in [0.2, 0.25) is 0 Å². The van der Waals surface area contributed by atoms with Crippen LogP contribution in [0, 0.1) is 0 Å². The van der Waals surface area contributed by atoms with Gasteiger partial charge in [-0.05, 0) is 115 Å². The van der Waals surface area contributed by atoms with Crippen LogP contribution in [0.5, 0.6) is 0 Å². The summed E-state index contributed by atoms with van der Waals surface area (Å²) in [6.45, 7) is 4.72. The summed E-state index contributed by atoms with van der Waals surface area (Å²) in [6, 6.07) is 80.4. The minimum atomic E-state index is -0.110. The van der Waals surface area contributed by atoms with E-state index in [1.54, 1.807) is 0 Å². The van der Waals surface area contributed by atoms with Gasteiger partial charge in [0.15, 0.2) is 0 Å². The zero-order valence-electron chi connectivity index (χ0n) is 34.2. The molecule has 1 aromatic heterocycles. The zero-order valence-corrected chi connectivity index (χ0v) is 34.2. The molecule has 2 heteroatoms. The molecule has 1 aliphatic carbocycles. The molecule has 0 atom stereocenters. The minimum absolute atomic E-state index is 0.110. The van der Waals surface area contributed by atoms with Crippen molar-refractivity contribution in [1.29, 1.82) is 0 Å². The van der Waals surface area contributed by atoms with Gasteiger partial charge in [-0.2, -0.15) is 0 Å². The lowest BCUT2D eigenvalue weighted by molar-refractivity contribution is 0.660. The van der Waals surface area contributed by atoms with E-state index in [0.717, 1.165) is 11.4 Å². The number of anilines is 3. The number of nitrogens with zero attached hydrogens (tertiary/aromatic N) is 2. The van der Waals surface area contributed by atoms with Crippen LogP contribution in [0.15, 0.2) is 218 Å². The Kier molecular flexibility index (Phi) is 7.92. The van der Waals surface area contributed by atoms with E-state index in [2.05, 4.69) is 242 Å². The molecule has 0 fully saturated rings. The van der Waals surface area contributed by atoms with E-state index < -0.39 is 0 Å². The molecule has 11 aromatic rings. The first-order valence-corrected chi connectivity index (χ1v) is 21.3. The van der Waals surface area contributed by atoms with E-state index in [1.807, 2.05) is 0 Å². The number of benzene rings is 10. The Morgan fingerprint density at radius 2 is 0.918 bits per heavy atom. The average Bonchev–Trinajstić information content (AvgIpc) is 3.77. The summed E-state index contributed by atoms with van der Waals surface area (Å²) in [7, 11) is 0. The third-order valence-electron chi connectivity index (χ3n) is 13.2. The topological polar surface area (TPSA) is 8.17 Å². The summed E-state index contributed by atoms with van der Waals surface area (Å²) in [5.74, 6) is 0. The molecule has 0 saturated heterocycles. The molecule has 0 radical (unpaired) electrons. The van der Waals surface area contributed by atoms with Crippen molar-refractivity contribution in [1.82, 2.24) is 4.57 Å². The summed E-state index contributed by atoms with van der Waals surface area (Å²) in [6.07, 6.45) is 0. The van der Waals surface area contributed by atoms with Crippen LogP contribution in [-0.2, 0) is 5.41 Å². The van der Waals surface area contributed by atoms with Crippen molar-refractivity contribution in [3.05, 3.63) is 230 Å². The van der Waals surface area contributed by atoms with Gasteiger partial charge in [-0.3, -0.25) is 0 Å². The molecule has 0 bridgehead atoms. The highest BCUT2D eigenvalue weighted by Gasteiger charge is 2.36. The van der Waals surface area contributed by atoms with Crippen LogP contribution >= 0.6 is 0 Å². The second-order valence-corrected chi connectivity index (χ2v) is 16.9. The van der Waals surface area contributed by atoms with Gasteiger partial charge in [0.1, 0.15) is 0 Å². The molecule has 288 valence electrons. The number of para-hydroxylation sites is 2. The van der Waals surface area contributed by atoms with Gasteiger partial charge >= 0.3 is 0 Å². The van der Waals surface area contributed by atoms with Gasteiger partial charge in [-0.15, -0.1) is 0 Å². The molecular formula is C59H42N2. The summed E-state index contributed by atoms with van der Waals surface area (Å²) < 4.78 is 2.39. The highest BCUT2D eigenvalue weighted by Crippen LogP contribution is 2.51. The number of hydrogen-bond acceptors (Lipinski definition) is 1. The Labute approximate surface area is 356 Å². The maximum atomic E-state index is 2.46. The lowest BCUT2D eigenvalue weighted by atomic mass is 9.82. The Morgan fingerprint density at radius 1 is 0.361 bits per heavy atom. The summed E-state index contributed by atoms with van der Waals surface area (Å²) in [5, 5.41) is 7.51. The molecule has 0 spiro atoms. The fourth-order valence-electron chi connectivity index (χ4n) is 10.1. The monoisotopic (exact) mass is 778 g/mol. The van der Waals surface area contributed by atoms with Gasteiger partial charge in [-0.1, -0.05) is 178 Å². The minimum Gasteiger partial charge on any atom is -0.310 e. The number of aromatic nitrogens is 1. The third-order valence-corrected chi connectivity index (χ3v) is 13.2. The molecule has 1 aliphatic rings. The van der Waals surface area contributed by atoms with Crippen molar-refractivity contribution in [2.24, 2.45) is 0 Å². The lowest BCUT2D eigenvalue weighted by Crippen LogP contribution is -2.16. The van der Waals surface area contributed by atoms with Crippen LogP contribution < -0.4 is 4.90 Å². The van der Waals surface area contributed by atoms with E-state index in [4.69, 9.17) is 0 Å². The normalized spacial score (nSPS) is 12.9. The molecule has 0 N–H and O–H groups in total. The predicted octanol–water partition coefficient (Wildman–Crippen LogP) is 16.2. The van der Waals surface area contributed by atoms with Crippen LogP contribution in [0.1, 0.15) is 25.0 Å². The largest absolute Gasteiger partial charge is 0.310 e. The molecule has 0 saturated carbocycles. The van der Waals surface area contributed by atoms with Gasteiger partial charge in [0.05, 0.1) is 16.7 Å². The van der Waals surface area contributed by atoms with E-state index in [-0.39, 0.29) is 5.41 Å². The van der Waals surface area contributed by atoms with Crippen LogP contribution in [0.25, 0.3) is 82.4 Å². The predicted molar refractivity (Wildman–Crippen MR) is 259 cm³/mol. The molecular weight excluding hydrogens is 737 g/mol. The Hall–Kier alpha value is -7.68. The van der Waals surface area contributed by atoms with Crippen LogP contribution in [0.2, 0.25) is 0 Å². The lowest BCUT2D eigenvalue weighted by Gasteiger charge is -2.29. The zero-order chi connectivity index (χ0) is 40.7. The molecule has 0 amide bonds. The van der Waals surface area contributed by atoms with Crippen molar-refractivity contribution in [2.45, 2.75) is 19.3 Å². The Balaban J connectivity index is 0.942. The molecule has 10 aromatic carbocycles. The SMILES string of the molecule is CC1(C)c2ccccc2-c2ccc(N(c3ccc(-c4ccc(-c5ccc6c7ccccc7n(-c7ccccc7)c6c5)cc4)cc3)c3cc4ccccc4c4ccccc34)cc21. The van der Waals surface area contributed by atoms with E-state index in [9.17, 15) is 0 Å². The smallest absolute Gasteiger partial charge is 0.0547 e. The fraction of sp³-hybridized carbons (Fsp3) is 0.0508. The second kappa shape index (κ2) is 13.7. The Bertz CT molecular complexity index is 3480. The van der Waals surface area contributed by atoms with Crippen molar-refractivity contribution in [2.75, 3.05) is 4.90 Å². The van der Waals surface area contributed by atoms with Crippen LogP contribution in [-0.4, -0.2) is 4.57 Å². The van der Waals surface area contributed by atoms with Gasteiger partial charge in [0, 0.05) is 38.6 Å². The maximum absolute atomic E-state index is 2.46. The average molecular weight is 779 g/mol. The first-order valence-electron chi connectivity index (χ1n) is 21.3. The molecule has 61 heavy (non-hydrogen) atoms. The highest BCUT2D eigenvalue weighted by atomic mass is 15.1. The first-order chi connectivity index (χ1) is 30.0. The van der Waals surface area contributed by atoms with Gasteiger partial charge < -0.3 is 9.47 Å². The van der Waals surface area contributed by atoms with E-state index >= 15 is 0 Å². The molecule has 12 rings (SSSR count). The van der Waals surface area contributed by atoms with Gasteiger partial charge in [0.25, 0.3) is 0 Å². The highest BCUT2D eigenvalue weighted by molar-refractivity contribution is 6.15. The quantitative estimate of drug-likeness (QED) is 0.153. The van der Waals surface area contributed by atoms with Crippen LogP contribution in [0.4, 0.5) is 17.1 Å². The third kappa shape index (κ3) is 5.56. The number of hydrogen-bond donors (Lipinski definition) is 0. The molecule has 0 aliphatic heterocycles. The van der Waals surface area contributed by atoms with Gasteiger partial charge in [-0.25, -0.2) is 0 Å².